The second kappa shape index (κ2) is 7.23. The predicted molar refractivity (Wildman–Crippen MR) is 91.3 cm³/mol. The van der Waals surface area contributed by atoms with Crippen LogP contribution >= 0.6 is 0 Å². The topological polar surface area (TPSA) is 86.7 Å². The minimum Gasteiger partial charge on any atom is -0.468 e. The fourth-order valence-corrected chi connectivity index (χ4v) is 4.48. The highest BCUT2D eigenvalue weighted by Crippen LogP contribution is 2.43. The average Bonchev–Trinajstić information content (AvgIpc) is 3.00. The van der Waals surface area contributed by atoms with E-state index >= 15 is 0 Å². The van der Waals surface area contributed by atoms with E-state index in [1.807, 2.05) is 0 Å². The monoisotopic (exact) mass is 364 g/mol. The van der Waals surface area contributed by atoms with E-state index in [4.69, 9.17) is 9.47 Å². The summed E-state index contributed by atoms with van der Waals surface area (Å²) in [5.41, 5.74) is -1.22. The molecule has 0 aromatic heterocycles. The molecule has 134 valence electrons. The van der Waals surface area contributed by atoms with Crippen LogP contribution in [-0.4, -0.2) is 40.3 Å². The Labute approximate surface area is 147 Å². The van der Waals surface area contributed by atoms with Gasteiger partial charge in [-0.2, -0.15) is 0 Å². The molecule has 1 unspecified atom stereocenters. The molecule has 0 saturated heterocycles. The van der Waals surface area contributed by atoms with Crippen LogP contribution in [0.4, 0.5) is 0 Å². The summed E-state index contributed by atoms with van der Waals surface area (Å²) in [4.78, 5) is 24.6. The lowest BCUT2D eigenvalue weighted by Crippen LogP contribution is -2.38. The Kier molecular flexibility index (Phi) is 5.47. The van der Waals surface area contributed by atoms with Crippen molar-refractivity contribution in [3.63, 3.8) is 0 Å². The van der Waals surface area contributed by atoms with Crippen LogP contribution in [0.1, 0.15) is 6.42 Å². The first kappa shape index (κ1) is 18.9. The third-order valence-electron chi connectivity index (χ3n) is 4.29. The fourth-order valence-electron chi connectivity index (χ4n) is 3.01. The highest BCUT2D eigenvalue weighted by molar-refractivity contribution is 7.91. The van der Waals surface area contributed by atoms with E-state index in [0.29, 0.717) is 5.57 Å². The molecule has 6 nitrogen and oxygen atoms in total. The van der Waals surface area contributed by atoms with Gasteiger partial charge in [-0.1, -0.05) is 35.9 Å². The quantitative estimate of drug-likeness (QED) is 0.435. The SMILES string of the molecule is C=CC1CC(C(=O)OC)(C(=O)OC)C=C1CS(=O)(=O)c1ccccc1. The summed E-state index contributed by atoms with van der Waals surface area (Å²) < 4.78 is 34.8. The first-order valence-electron chi connectivity index (χ1n) is 7.59. The number of ether oxygens (including phenoxy) is 2. The van der Waals surface area contributed by atoms with Gasteiger partial charge < -0.3 is 9.47 Å². The van der Waals surface area contributed by atoms with Gasteiger partial charge in [0, 0.05) is 5.92 Å². The number of allylic oxidation sites excluding steroid dienone is 1. The summed E-state index contributed by atoms with van der Waals surface area (Å²) in [6.07, 6.45) is 2.92. The summed E-state index contributed by atoms with van der Waals surface area (Å²) in [5.74, 6) is -2.32. The summed E-state index contributed by atoms with van der Waals surface area (Å²) in [6.45, 7) is 3.69. The van der Waals surface area contributed by atoms with Gasteiger partial charge in [0.2, 0.25) is 0 Å². The van der Waals surface area contributed by atoms with Crippen LogP contribution < -0.4 is 0 Å². The number of hydrogen-bond acceptors (Lipinski definition) is 6. The van der Waals surface area contributed by atoms with E-state index in [0.717, 1.165) is 0 Å². The van der Waals surface area contributed by atoms with Crippen LogP contribution in [0.15, 0.2) is 59.5 Å². The third kappa shape index (κ3) is 3.51. The number of methoxy groups -OCH3 is 2. The minimum absolute atomic E-state index is 0.0372. The molecule has 1 aliphatic rings. The Morgan fingerprint density at radius 2 is 1.76 bits per heavy atom. The van der Waals surface area contributed by atoms with Crippen molar-refractivity contribution in [1.29, 1.82) is 0 Å². The molecular weight excluding hydrogens is 344 g/mol. The first-order valence-corrected chi connectivity index (χ1v) is 9.25. The van der Waals surface area contributed by atoms with Crippen molar-refractivity contribution in [3.8, 4) is 0 Å². The van der Waals surface area contributed by atoms with Gasteiger partial charge >= 0.3 is 11.9 Å². The molecule has 1 aromatic rings. The highest BCUT2D eigenvalue weighted by Gasteiger charge is 2.52. The molecule has 0 aliphatic heterocycles. The molecule has 1 aliphatic carbocycles. The van der Waals surface area contributed by atoms with Crippen molar-refractivity contribution in [2.75, 3.05) is 20.0 Å². The smallest absolute Gasteiger partial charge is 0.327 e. The Hall–Kier alpha value is -2.41. The number of carbonyl (C=O) groups is 2. The van der Waals surface area contributed by atoms with Gasteiger partial charge in [0.15, 0.2) is 15.3 Å². The lowest BCUT2D eigenvalue weighted by atomic mass is 9.85. The Bertz CT molecular complexity index is 791. The van der Waals surface area contributed by atoms with Crippen molar-refractivity contribution < 1.29 is 27.5 Å². The molecule has 0 heterocycles. The highest BCUT2D eigenvalue weighted by atomic mass is 32.2. The van der Waals surface area contributed by atoms with Crippen molar-refractivity contribution in [1.82, 2.24) is 0 Å². The van der Waals surface area contributed by atoms with Crippen molar-refractivity contribution in [2.45, 2.75) is 11.3 Å². The molecule has 0 fully saturated rings. The third-order valence-corrected chi connectivity index (χ3v) is 6.00. The van der Waals surface area contributed by atoms with Crippen LogP contribution in [0.2, 0.25) is 0 Å². The Morgan fingerprint density at radius 3 is 2.24 bits per heavy atom. The van der Waals surface area contributed by atoms with E-state index in [1.165, 1.54) is 38.5 Å². The lowest BCUT2D eigenvalue weighted by Gasteiger charge is -2.21. The fraction of sp³-hybridized carbons (Fsp3) is 0.333. The molecule has 0 saturated carbocycles. The standard InChI is InChI=1S/C18H20O6S/c1-4-13-10-18(16(19)23-2,17(20)24-3)11-14(13)12-25(21,22)15-8-6-5-7-9-15/h4-9,11,13H,1,10,12H2,2-3H3. The molecule has 25 heavy (non-hydrogen) atoms. The number of hydrogen-bond donors (Lipinski definition) is 0. The van der Waals surface area contributed by atoms with Gasteiger partial charge in [-0.05, 0) is 18.6 Å². The Balaban J connectivity index is 2.46. The zero-order valence-electron chi connectivity index (χ0n) is 14.1. The van der Waals surface area contributed by atoms with Crippen LogP contribution in [0.3, 0.4) is 0 Å². The average molecular weight is 364 g/mol. The molecule has 0 amide bonds. The van der Waals surface area contributed by atoms with Gasteiger partial charge in [-0.3, -0.25) is 9.59 Å². The van der Waals surface area contributed by atoms with Crippen molar-refractivity contribution in [3.05, 3.63) is 54.6 Å². The lowest BCUT2D eigenvalue weighted by molar-refractivity contribution is -0.165. The Morgan fingerprint density at radius 1 is 1.20 bits per heavy atom. The molecule has 0 spiro atoms. The van der Waals surface area contributed by atoms with Crippen LogP contribution in [0.25, 0.3) is 0 Å². The number of sulfone groups is 1. The second-order valence-electron chi connectivity index (χ2n) is 5.79. The summed E-state index contributed by atoms with van der Waals surface area (Å²) in [7, 11) is -1.28. The van der Waals surface area contributed by atoms with Crippen molar-refractivity contribution in [2.24, 2.45) is 11.3 Å². The largest absolute Gasteiger partial charge is 0.468 e. The molecule has 0 N–H and O–H groups in total. The van der Waals surface area contributed by atoms with E-state index in [9.17, 15) is 18.0 Å². The van der Waals surface area contributed by atoms with E-state index in [1.54, 1.807) is 18.2 Å². The second-order valence-corrected chi connectivity index (χ2v) is 7.78. The zero-order chi connectivity index (χ0) is 18.7. The molecule has 7 heteroatoms. The maximum atomic E-state index is 12.6. The summed E-state index contributed by atoms with van der Waals surface area (Å²) in [5, 5.41) is 0. The molecule has 0 radical (unpaired) electrons. The maximum absolute atomic E-state index is 12.6. The van der Waals surface area contributed by atoms with Gasteiger partial charge in [-0.25, -0.2) is 8.42 Å². The zero-order valence-corrected chi connectivity index (χ0v) is 14.9. The molecular formula is C18H20O6S. The first-order chi connectivity index (χ1) is 11.8. The van der Waals surface area contributed by atoms with Crippen molar-refractivity contribution >= 4 is 21.8 Å². The number of benzene rings is 1. The number of carbonyl (C=O) groups excluding carboxylic acids is 2. The van der Waals surface area contributed by atoms with Gasteiger partial charge in [0.25, 0.3) is 0 Å². The van der Waals surface area contributed by atoms with E-state index in [2.05, 4.69) is 6.58 Å². The molecule has 0 bridgehead atoms. The normalized spacial score (nSPS) is 19.0. The molecule has 1 atom stereocenters. The van der Waals surface area contributed by atoms with Crippen LogP contribution in [0.5, 0.6) is 0 Å². The molecule has 1 aromatic carbocycles. The van der Waals surface area contributed by atoms with Crippen LogP contribution in [0, 0.1) is 11.3 Å². The van der Waals surface area contributed by atoms with Crippen LogP contribution in [-0.2, 0) is 28.9 Å². The predicted octanol–water partition coefficient (Wildman–Crippen LogP) is 1.93. The van der Waals surface area contributed by atoms with Gasteiger partial charge in [0.1, 0.15) is 0 Å². The van der Waals surface area contributed by atoms with Gasteiger partial charge in [0.05, 0.1) is 24.9 Å². The minimum atomic E-state index is -3.62. The van der Waals surface area contributed by atoms with E-state index < -0.39 is 33.1 Å². The summed E-state index contributed by atoms with van der Waals surface area (Å²) in [6, 6.07) is 7.99. The maximum Gasteiger partial charge on any atom is 0.327 e. The van der Waals surface area contributed by atoms with E-state index in [-0.39, 0.29) is 17.1 Å². The van der Waals surface area contributed by atoms with Gasteiger partial charge in [-0.15, -0.1) is 6.58 Å². The molecule has 2 rings (SSSR count). The number of rotatable bonds is 6. The summed E-state index contributed by atoms with van der Waals surface area (Å²) >= 11 is 0. The number of esters is 2.